The molecule has 2 fully saturated rings. The highest BCUT2D eigenvalue weighted by atomic mass is 32.2. The molecule has 0 saturated heterocycles. The van der Waals surface area contributed by atoms with Gasteiger partial charge in [-0.1, -0.05) is 49.2 Å². The number of amides is 1. The molecule has 0 spiro atoms. The maximum atomic E-state index is 12.9. The van der Waals surface area contributed by atoms with Crippen LogP contribution in [-0.4, -0.2) is 36.4 Å². The van der Waals surface area contributed by atoms with Crippen LogP contribution in [0.3, 0.4) is 0 Å². The Morgan fingerprint density at radius 3 is 2.81 bits per heavy atom. The molecule has 0 radical (unpaired) electrons. The van der Waals surface area contributed by atoms with Gasteiger partial charge in [-0.2, -0.15) is 5.26 Å². The molecule has 1 aromatic carbocycles. The number of aromatic amines is 1. The standard InChI is InChI=1S/C23H26N6OS/c1-15(21(30)26-23(14-24)11-5-2-6-12-23)31-22-28-27-20(29(22)16-9-10-16)18-13-25-19-8-4-3-7-17(18)19/h3-4,7-8,13,15-16,25H,2,5-6,9-12H2,1H3,(H,26,30)/t15-/m0/s1. The molecule has 3 aromatic rings. The van der Waals surface area contributed by atoms with E-state index in [0.717, 1.165) is 72.4 Å². The number of carbonyl (C=O) groups is 1. The van der Waals surface area contributed by atoms with Crippen molar-refractivity contribution in [2.45, 2.75) is 73.9 Å². The van der Waals surface area contributed by atoms with Crippen molar-refractivity contribution < 1.29 is 4.79 Å². The minimum Gasteiger partial charge on any atom is -0.360 e. The largest absolute Gasteiger partial charge is 0.360 e. The van der Waals surface area contributed by atoms with Crippen molar-refractivity contribution in [1.29, 1.82) is 5.26 Å². The number of fused-ring (bicyclic) bond motifs is 1. The van der Waals surface area contributed by atoms with Crippen LogP contribution in [0.4, 0.5) is 0 Å². The fourth-order valence-corrected chi connectivity index (χ4v) is 5.35. The lowest BCUT2D eigenvalue weighted by atomic mass is 9.83. The van der Waals surface area contributed by atoms with Crippen molar-refractivity contribution in [3.63, 3.8) is 0 Å². The SMILES string of the molecule is C[C@H](Sc1nnc(-c2c[nH]c3ccccc23)n1C1CC1)C(=O)NC1(C#N)CCCCC1. The lowest BCUT2D eigenvalue weighted by Crippen LogP contribution is -2.51. The van der Waals surface area contributed by atoms with Crippen LogP contribution in [-0.2, 0) is 4.79 Å². The lowest BCUT2D eigenvalue weighted by Gasteiger charge is -2.32. The van der Waals surface area contributed by atoms with E-state index in [2.05, 4.69) is 43.3 Å². The van der Waals surface area contributed by atoms with Crippen molar-refractivity contribution >= 4 is 28.6 Å². The highest BCUT2D eigenvalue weighted by Gasteiger charge is 2.36. The third kappa shape index (κ3) is 3.83. The molecular weight excluding hydrogens is 408 g/mol. The topological polar surface area (TPSA) is 99.4 Å². The van der Waals surface area contributed by atoms with Crippen LogP contribution in [0, 0.1) is 11.3 Å². The summed E-state index contributed by atoms with van der Waals surface area (Å²) in [5, 5.41) is 23.2. The molecule has 2 saturated carbocycles. The van der Waals surface area contributed by atoms with Gasteiger partial charge in [-0.3, -0.25) is 9.36 Å². The molecule has 1 amide bonds. The highest BCUT2D eigenvalue weighted by molar-refractivity contribution is 8.00. The Kier molecular flexibility index (Phi) is 5.22. The maximum absolute atomic E-state index is 12.9. The van der Waals surface area contributed by atoms with Gasteiger partial charge in [0.2, 0.25) is 5.91 Å². The van der Waals surface area contributed by atoms with E-state index < -0.39 is 5.54 Å². The van der Waals surface area contributed by atoms with E-state index in [0.29, 0.717) is 6.04 Å². The Morgan fingerprint density at radius 2 is 2.06 bits per heavy atom. The summed E-state index contributed by atoms with van der Waals surface area (Å²) in [6.45, 7) is 1.88. The van der Waals surface area contributed by atoms with Gasteiger partial charge in [0.05, 0.1) is 11.3 Å². The quantitative estimate of drug-likeness (QED) is 0.553. The number of rotatable bonds is 6. The average Bonchev–Trinajstić information content (AvgIpc) is 3.41. The predicted octanol–water partition coefficient (Wildman–Crippen LogP) is 4.58. The van der Waals surface area contributed by atoms with E-state index in [4.69, 9.17) is 0 Å². The first kappa shape index (κ1) is 20.1. The molecule has 7 nitrogen and oxygen atoms in total. The van der Waals surface area contributed by atoms with E-state index >= 15 is 0 Å². The third-order valence-corrected chi connectivity index (χ3v) is 7.40. The zero-order valence-electron chi connectivity index (χ0n) is 17.6. The second-order valence-corrected chi connectivity index (χ2v) is 9.97. The first-order chi connectivity index (χ1) is 15.1. The normalized spacial score (nSPS) is 19.1. The number of thioether (sulfide) groups is 1. The zero-order valence-corrected chi connectivity index (χ0v) is 18.4. The molecule has 31 heavy (non-hydrogen) atoms. The van der Waals surface area contributed by atoms with Gasteiger partial charge in [-0.15, -0.1) is 10.2 Å². The van der Waals surface area contributed by atoms with Crippen LogP contribution >= 0.6 is 11.8 Å². The van der Waals surface area contributed by atoms with Crippen molar-refractivity contribution in [2.75, 3.05) is 0 Å². The van der Waals surface area contributed by atoms with Crippen molar-refractivity contribution in [3.05, 3.63) is 30.5 Å². The molecule has 0 bridgehead atoms. The maximum Gasteiger partial charge on any atom is 0.234 e. The number of nitrogens with zero attached hydrogens (tertiary/aromatic N) is 4. The van der Waals surface area contributed by atoms with Gasteiger partial charge in [0.1, 0.15) is 5.54 Å². The summed E-state index contributed by atoms with van der Waals surface area (Å²) in [7, 11) is 0. The van der Waals surface area contributed by atoms with Crippen molar-refractivity contribution in [2.24, 2.45) is 0 Å². The minimum atomic E-state index is -0.719. The number of hydrogen-bond donors (Lipinski definition) is 2. The molecule has 160 valence electrons. The Balaban J connectivity index is 1.39. The van der Waals surface area contributed by atoms with E-state index in [1.54, 1.807) is 0 Å². The average molecular weight is 435 g/mol. The molecule has 2 aliphatic carbocycles. The van der Waals surface area contributed by atoms with Crippen LogP contribution in [0.15, 0.2) is 35.6 Å². The summed E-state index contributed by atoms with van der Waals surface area (Å²) >= 11 is 1.43. The smallest absolute Gasteiger partial charge is 0.234 e. The van der Waals surface area contributed by atoms with E-state index in [1.807, 2.05) is 25.3 Å². The first-order valence-electron chi connectivity index (χ1n) is 11.0. The highest BCUT2D eigenvalue weighted by Crippen LogP contribution is 2.43. The molecule has 5 rings (SSSR count). The summed E-state index contributed by atoms with van der Waals surface area (Å²) in [6, 6.07) is 10.9. The number of para-hydroxylation sites is 1. The summed E-state index contributed by atoms with van der Waals surface area (Å²) in [4.78, 5) is 16.3. The third-order valence-electron chi connectivity index (χ3n) is 6.34. The first-order valence-corrected chi connectivity index (χ1v) is 11.9. The second-order valence-electron chi connectivity index (χ2n) is 8.66. The fourth-order valence-electron chi connectivity index (χ4n) is 4.43. The number of aromatic nitrogens is 4. The van der Waals surface area contributed by atoms with Gasteiger partial charge < -0.3 is 10.3 Å². The van der Waals surface area contributed by atoms with Gasteiger partial charge in [0.15, 0.2) is 11.0 Å². The Bertz CT molecular complexity index is 1150. The van der Waals surface area contributed by atoms with Gasteiger partial charge in [0.25, 0.3) is 0 Å². The number of H-pyrrole nitrogens is 1. The molecule has 2 aromatic heterocycles. The minimum absolute atomic E-state index is 0.104. The molecule has 1 atom stereocenters. The predicted molar refractivity (Wildman–Crippen MR) is 120 cm³/mol. The molecular formula is C23H26N6OS. The number of nitriles is 1. The summed E-state index contributed by atoms with van der Waals surface area (Å²) in [5.41, 5.74) is 1.38. The number of nitrogens with one attached hydrogen (secondary N) is 2. The second kappa shape index (κ2) is 8.04. The fraction of sp³-hybridized carbons (Fsp3) is 0.478. The molecule has 0 aliphatic heterocycles. The van der Waals surface area contributed by atoms with Gasteiger partial charge in [0, 0.05) is 28.7 Å². The number of benzene rings is 1. The van der Waals surface area contributed by atoms with Crippen molar-refractivity contribution in [1.82, 2.24) is 25.1 Å². The van der Waals surface area contributed by atoms with Gasteiger partial charge >= 0.3 is 0 Å². The van der Waals surface area contributed by atoms with Gasteiger partial charge in [-0.05, 0) is 38.7 Å². The number of hydrogen-bond acceptors (Lipinski definition) is 5. The number of carbonyl (C=O) groups excluding carboxylic acids is 1. The Morgan fingerprint density at radius 1 is 1.29 bits per heavy atom. The zero-order chi connectivity index (χ0) is 21.4. The monoisotopic (exact) mass is 434 g/mol. The summed E-state index contributed by atoms with van der Waals surface area (Å²) in [5.74, 6) is 0.739. The molecule has 2 aliphatic rings. The lowest BCUT2D eigenvalue weighted by molar-refractivity contribution is -0.121. The van der Waals surface area contributed by atoms with Crippen LogP contribution in [0.25, 0.3) is 22.3 Å². The molecule has 0 unspecified atom stereocenters. The molecule has 2 heterocycles. The van der Waals surface area contributed by atoms with Gasteiger partial charge in [-0.25, -0.2) is 0 Å². The molecule has 8 heteroatoms. The molecule has 2 N–H and O–H groups in total. The Labute approximate surface area is 185 Å². The van der Waals surface area contributed by atoms with E-state index in [1.165, 1.54) is 11.8 Å². The van der Waals surface area contributed by atoms with E-state index in [9.17, 15) is 10.1 Å². The van der Waals surface area contributed by atoms with E-state index in [-0.39, 0.29) is 11.2 Å². The van der Waals surface area contributed by atoms with Crippen LogP contribution in [0.5, 0.6) is 0 Å². The van der Waals surface area contributed by atoms with Crippen LogP contribution in [0.2, 0.25) is 0 Å². The summed E-state index contributed by atoms with van der Waals surface area (Å²) < 4.78 is 2.19. The van der Waals surface area contributed by atoms with Crippen molar-refractivity contribution in [3.8, 4) is 17.5 Å². The summed E-state index contributed by atoms with van der Waals surface area (Å²) in [6.07, 6.45) is 8.74. The Hall–Kier alpha value is -2.79. The van der Waals surface area contributed by atoms with Crippen LogP contribution in [0.1, 0.15) is 57.9 Å². The van der Waals surface area contributed by atoms with Crippen LogP contribution < -0.4 is 5.32 Å².